The summed E-state index contributed by atoms with van der Waals surface area (Å²) in [6, 6.07) is 3.58. The van der Waals surface area contributed by atoms with Crippen molar-refractivity contribution in [3.8, 4) is 0 Å². The van der Waals surface area contributed by atoms with E-state index in [0.29, 0.717) is 24.6 Å². The van der Waals surface area contributed by atoms with Gasteiger partial charge in [0.05, 0.1) is 11.1 Å². The maximum Gasteiger partial charge on any atom is 0.255 e. The van der Waals surface area contributed by atoms with E-state index in [4.69, 9.17) is 5.73 Å². The number of nitrogens with two attached hydrogens (primary N) is 1. The second-order valence-corrected chi connectivity index (χ2v) is 4.91. The zero-order chi connectivity index (χ0) is 11.2. The van der Waals surface area contributed by atoms with Crippen LogP contribution < -0.4 is 5.73 Å². The number of rotatable bonds is 2. The molecule has 1 aromatic rings. The number of hydrogen-bond donors (Lipinski definition) is 1. The van der Waals surface area contributed by atoms with Crippen LogP contribution in [0.15, 0.2) is 24.5 Å². The van der Waals surface area contributed by atoms with Crippen LogP contribution in [0, 0.1) is 5.92 Å². The maximum absolute atomic E-state index is 12.0. The van der Waals surface area contributed by atoms with Gasteiger partial charge in [0.1, 0.15) is 0 Å². The van der Waals surface area contributed by atoms with Crippen molar-refractivity contribution in [2.75, 3.05) is 13.1 Å². The van der Waals surface area contributed by atoms with Crippen LogP contribution in [0.25, 0.3) is 0 Å². The molecule has 0 bridgehead atoms. The van der Waals surface area contributed by atoms with E-state index in [9.17, 15) is 4.79 Å². The number of carbonyl (C=O) groups is 1. The molecule has 0 radical (unpaired) electrons. The highest BCUT2D eigenvalue weighted by molar-refractivity contribution is 5.94. The smallest absolute Gasteiger partial charge is 0.255 e. The predicted octanol–water partition coefficient (Wildman–Crippen LogP) is 0.645. The summed E-state index contributed by atoms with van der Waals surface area (Å²) >= 11 is 0. The summed E-state index contributed by atoms with van der Waals surface area (Å²) in [5.74, 6) is 0.695. The summed E-state index contributed by atoms with van der Waals surface area (Å²) in [7, 11) is 0. The molecule has 4 nitrogen and oxygen atoms in total. The van der Waals surface area contributed by atoms with Crippen LogP contribution in [0.5, 0.6) is 0 Å². The number of nitrogens with zero attached hydrogens (tertiary/aromatic N) is 2. The summed E-state index contributed by atoms with van der Waals surface area (Å²) in [5, 5.41) is 0. The molecule has 2 fully saturated rings. The van der Waals surface area contributed by atoms with Crippen molar-refractivity contribution in [1.29, 1.82) is 0 Å². The van der Waals surface area contributed by atoms with E-state index in [1.54, 1.807) is 24.5 Å². The first-order valence-corrected chi connectivity index (χ1v) is 5.67. The number of carbonyl (C=O) groups excluding carboxylic acids is 1. The standard InChI is InChI=1S/C12H15N3O/c13-12(10-3-4-10)7-15(8-12)11(16)9-2-1-5-14-6-9/h1-2,5-6,10H,3-4,7-8,13H2. The number of pyridine rings is 1. The molecule has 0 aromatic carbocycles. The summed E-state index contributed by atoms with van der Waals surface area (Å²) in [6.45, 7) is 1.40. The second kappa shape index (κ2) is 3.28. The highest BCUT2D eigenvalue weighted by Crippen LogP contribution is 2.43. The largest absolute Gasteiger partial charge is 0.335 e. The van der Waals surface area contributed by atoms with Gasteiger partial charge in [-0.25, -0.2) is 0 Å². The Morgan fingerprint density at radius 1 is 1.50 bits per heavy atom. The van der Waals surface area contributed by atoms with E-state index in [-0.39, 0.29) is 11.4 Å². The summed E-state index contributed by atoms with van der Waals surface area (Å²) in [6.07, 6.45) is 5.73. The Bertz CT molecular complexity index is 408. The first-order chi connectivity index (χ1) is 7.69. The molecule has 1 amide bonds. The van der Waals surface area contributed by atoms with E-state index in [1.165, 1.54) is 12.8 Å². The highest BCUT2D eigenvalue weighted by atomic mass is 16.2. The quantitative estimate of drug-likeness (QED) is 0.791. The fourth-order valence-corrected chi connectivity index (χ4v) is 2.40. The Kier molecular flexibility index (Phi) is 2.01. The van der Waals surface area contributed by atoms with Crippen LogP contribution in [0.4, 0.5) is 0 Å². The van der Waals surface area contributed by atoms with Crippen LogP contribution in [0.2, 0.25) is 0 Å². The van der Waals surface area contributed by atoms with Crippen molar-refractivity contribution in [2.45, 2.75) is 18.4 Å². The third-order valence-corrected chi connectivity index (χ3v) is 3.56. The second-order valence-electron chi connectivity index (χ2n) is 4.91. The van der Waals surface area contributed by atoms with Gasteiger partial charge in [-0.3, -0.25) is 9.78 Å². The molecule has 84 valence electrons. The molecule has 2 N–H and O–H groups in total. The van der Waals surface area contributed by atoms with Gasteiger partial charge in [0.15, 0.2) is 0 Å². The molecule has 1 saturated heterocycles. The molecule has 0 atom stereocenters. The van der Waals surface area contributed by atoms with Gasteiger partial charge < -0.3 is 10.6 Å². The van der Waals surface area contributed by atoms with Crippen LogP contribution in [-0.2, 0) is 0 Å². The van der Waals surface area contributed by atoms with E-state index in [1.807, 2.05) is 4.90 Å². The van der Waals surface area contributed by atoms with Crippen molar-refractivity contribution < 1.29 is 4.79 Å². The lowest BCUT2D eigenvalue weighted by Crippen LogP contribution is -2.69. The number of aromatic nitrogens is 1. The first kappa shape index (κ1) is 9.78. The minimum Gasteiger partial charge on any atom is -0.335 e. The van der Waals surface area contributed by atoms with E-state index >= 15 is 0 Å². The predicted molar refractivity (Wildman–Crippen MR) is 59.8 cm³/mol. The van der Waals surface area contributed by atoms with Crippen LogP contribution in [0.1, 0.15) is 23.2 Å². The van der Waals surface area contributed by atoms with Gasteiger partial charge in [-0.1, -0.05) is 0 Å². The molecule has 0 spiro atoms. The van der Waals surface area contributed by atoms with Gasteiger partial charge in [0.2, 0.25) is 0 Å². The molecule has 1 aromatic heterocycles. The minimum atomic E-state index is -0.0993. The topological polar surface area (TPSA) is 59.2 Å². The minimum absolute atomic E-state index is 0.0508. The zero-order valence-electron chi connectivity index (χ0n) is 9.10. The number of hydrogen-bond acceptors (Lipinski definition) is 3. The van der Waals surface area contributed by atoms with Gasteiger partial charge in [-0.15, -0.1) is 0 Å². The van der Waals surface area contributed by atoms with Gasteiger partial charge in [0.25, 0.3) is 5.91 Å². The number of likely N-dealkylation sites (tertiary alicyclic amines) is 1. The van der Waals surface area contributed by atoms with Crippen LogP contribution in [-0.4, -0.2) is 34.4 Å². The Hall–Kier alpha value is -1.42. The SMILES string of the molecule is NC1(C2CC2)CN(C(=O)c2cccnc2)C1. The average molecular weight is 217 g/mol. The Morgan fingerprint density at radius 2 is 2.25 bits per heavy atom. The summed E-state index contributed by atoms with van der Waals surface area (Å²) < 4.78 is 0. The number of amides is 1. The summed E-state index contributed by atoms with van der Waals surface area (Å²) in [5.41, 5.74) is 6.76. The normalized spacial score (nSPS) is 22.7. The van der Waals surface area contributed by atoms with Crippen molar-refractivity contribution >= 4 is 5.91 Å². The van der Waals surface area contributed by atoms with Crippen molar-refractivity contribution in [2.24, 2.45) is 11.7 Å². The lowest BCUT2D eigenvalue weighted by molar-refractivity contribution is 0.0350. The van der Waals surface area contributed by atoms with Crippen molar-refractivity contribution in [3.05, 3.63) is 30.1 Å². The highest BCUT2D eigenvalue weighted by Gasteiger charge is 2.51. The van der Waals surface area contributed by atoms with Crippen LogP contribution >= 0.6 is 0 Å². The monoisotopic (exact) mass is 217 g/mol. The molecule has 2 heterocycles. The molecule has 4 heteroatoms. The van der Waals surface area contributed by atoms with Crippen molar-refractivity contribution in [3.63, 3.8) is 0 Å². The molecule has 1 saturated carbocycles. The molecule has 16 heavy (non-hydrogen) atoms. The molecule has 1 aliphatic heterocycles. The third kappa shape index (κ3) is 1.50. The fraction of sp³-hybridized carbons (Fsp3) is 0.500. The van der Waals surface area contributed by atoms with Crippen LogP contribution in [0.3, 0.4) is 0 Å². The lowest BCUT2D eigenvalue weighted by atomic mass is 9.85. The van der Waals surface area contributed by atoms with E-state index < -0.39 is 0 Å². The van der Waals surface area contributed by atoms with Gasteiger partial charge in [0, 0.05) is 25.5 Å². The molecule has 2 aliphatic rings. The molecular formula is C12H15N3O. The molecular weight excluding hydrogens is 202 g/mol. The Balaban J connectivity index is 1.66. The van der Waals surface area contributed by atoms with Gasteiger partial charge in [-0.05, 0) is 30.9 Å². The average Bonchev–Trinajstić information content (AvgIpc) is 3.09. The zero-order valence-corrected chi connectivity index (χ0v) is 9.10. The van der Waals surface area contributed by atoms with E-state index in [0.717, 1.165) is 0 Å². The molecule has 0 unspecified atom stereocenters. The van der Waals surface area contributed by atoms with Gasteiger partial charge >= 0.3 is 0 Å². The first-order valence-electron chi connectivity index (χ1n) is 5.67. The maximum atomic E-state index is 12.0. The lowest BCUT2D eigenvalue weighted by Gasteiger charge is -2.48. The molecule has 3 rings (SSSR count). The molecule has 1 aliphatic carbocycles. The fourth-order valence-electron chi connectivity index (χ4n) is 2.40. The Morgan fingerprint density at radius 3 is 2.81 bits per heavy atom. The third-order valence-electron chi connectivity index (χ3n) is 3.56. The Labute approximate surface area is 94.5 Å². The van der Waals surface area contributed by atoms with Crippen molar-refractivity contribution in [1.82, 2.24) is 9.88 Å². The summed E-state index contributed by atoms with van der Waals surface area (Å²) in [4.78, 5) is 17.8. The van der Waals surface area contributed by atoms with Gasteiger partial charge in [-0.2, -0.15) is 0 Å². The van der Waals surface area contributed by atoms with E-state index in [2.05, 4.69) is 4.98 Å².